The summed E-state index contributed by atoms with van der Waals surface area (Å²) in [7, 11) is -3.29. The zero-order valence-corrected chi connectivity index (χ0v) is 12.9. The predicted molar refractivity (Wildman–Crippen MR) is 77.1 cm³/mol. The van der Waals surface area contributed by atoms with Gasteiger partial charge in [-0.05, 0) is 51.5 Å². The highest BCUT2D eigenvalue weighted by atomic mass is 32.2. The molecule has 2 rings (SSSR count). The number of piperidine rings is 1. The summed E-state index contributed by atoms with van der Waals surface area (Å²) in [5.41, 5.74) is 0. The topological polar surface area (TPSA) is 61.4 Å². The fourth-order valence-corrected chi connectivity index (χ4v) is 4.05. The molecule has 0 aromatic rings. The van der Waals surface area contributed by atoms with Crippen LogP contribution in [0.4, 0.5) is 0 Å². The van der Waals surface area contributed by atoms with Crippen LogP contribution in [0.25, 0.3) is 0 Å². The van der Waals surface area contributed by atoms with Crippen LogP contribution in [0.3, 0.4) is 0 Å². The van der Waals surface area contributed by atoms with Crippen LogP contribution < -0.4 is 10.0 Å². The highest BCUT2D eigenvalue weighted by Crippen LogP contribution is 2.22. The lowest BCUT2D eigenvalue weighted by molar-refractivity contribution is 0.256. The summed E-state index contributed by atoms with van der Waals surface area (Å²) in [6, 6.07) is 0.709. The van der Waals surface area contributed by atoms with Crippen molar-refractivity contribution in [1.29, 1.82) is 0 Å². The largest absolute Gasteiger partial charge is 0.314 e. The van der Waals surface area contributed by atoms with E-state index in [0.29, 0.717) is 25.0 Å². The summed E-state index contributed by atoms with van der Waals surface area (Å²) in [6.07, 6.45) is 5.49. The van der Waals surface area contributed by atoms with Crippen molar-refractivity contribution in [3.63, 3.8) is 0 Å². The molecule has 2 unspecified atom stereocenters. The molecule has 0 aromatic carbocycles. The van der Waals surface area contributed by atoms with E-state index in [0.717, 1.165) is 25.8 Å². The zero-order valence-electron chi connectivity index (χ0n) is 12.1. The van der Waals surface area contributed by atoms with Crippen LogP contribution in [-0.4, -0.2) is 44.4 Å². The van der Waals surface area contributed by atoms with Crippen LogP contribution in [0.2, 0.25) is 0 Å². The maximum absolute atomic E-state index is 12.2. The molecular weight excluding hydrogens is 262 g/mol. The van der Waals surface area contributed by atoms with Crippen LogP contribution in [0.1, 0.15) is 46.0 Å². The molecule has 0 amide bonds. The summed E-state index contributed by atoms with van der Waals surface area (Å²) in [5.74, 6) is 0.461. The summed E-state index contributed by atoms with van der Waals surface area (Å²) in [6.45, 7) is 6.18. The number of nitrogens with zero attached hydrogens (tertiary/aromatic N) is 1. The second-order valence-electron chi connectivity index (χ2n) is 5.98. The Morgan fingerprint density at radius 3 is 2.68 bits per heavy atom. The summed E-state index contributed by atoms with van der Waals surface area (Å²) < 4.78 is 28.9. The average molecular weight is 289 g/mol. The molecule has 0 spiro atoms. The monoisotopic (exact) mass is 289 g/mol. The van der Waals surface area contributed by atoms with Gasteiger partial charge in [-0.15, -0.1) is 0 Å². The minimum Gasteiger partial charge on any atom is -0.314 e. The van der Waals surface area contributed by atoms with E-state index in [1.807, 2.05) is 13.8 Å². The van der Waals surface area contributed by atoms with Crippen molar-refractivity contribution < 1.29 is 8.42 Å². The summed E-state index contributed by atoms with van der Waals surface area (Å²) >= 11 is 0. The minimum atomic E-state index is -3.29. The SMILES string of the molecule is CCC(C)NS(=O)(=O)N1CCCC(CNC2CC2)C1. The van der Waals surface area contributed by atoms with Gasteiger partial charge in [0.05, 0.1) is 0 Å². The molecule has 0 radical (unpaired) electrons. The molecule has 19 heavy (non-hydrogen) atoms. The molecule has 2 fully saturated rings. The Kier molecular flexibility index (Phi) is 5.22. The van der Waals surface area contributed by atoms with Crippen LogP contribution in [0, 0.1) is 5.92 Å². The molecule has 1 saturated carbocycles. The number of hydrogen-bond acceptors (Lipinski definition) is 3. The highest BCUT2D eigenvalue weighted by Gasteiger charge is 2.30. The van der Waals surface area contributed by atoms with E-state index in [9.17, 15) is 8.42 Å². The van der Waals surface area contributed by atoms with Crippen molar-refractivity contribution in [3.05, 3.63) is 0 Å². The van der Waals surface area contributed by atoms with Gasteiger partial charge in [0.2, 0.25) is 0 Å². The number of nitrogens with one attached hydrogen (secondary N) is 2. The van der Waals surface area contributed by atoms with E-state index in [1.165, 1.54) is 12.8 Å². The molecule has 1 saturated heterocycles. The smallest absolute Gasteiger partial charge is 0.279 e. The van der Waals surface area contributed by atoms with Gasteiger partial charge in [-0.25, -0.2) is 0 Å². The molecule has 2 atom stereocenters. The lowest BCUT2D eigenvalue weighted by atomic mass is 10.00. The third-order valence-electron chi connectivity index (χ3n) is 4.06. The Balaban J connectivity index is 1.84. The van der Waals surface area contributed by atoms with E-state index in [-0.39, 0.29) is 6.04 Å². The molecule has 2 aliphatic rings. The van der Waals surface area contributed by atoms with Gasteiger partial charge in [-0.2, -0.15) is 17.4 Å². The molecule has 1 aliphatic heterocycles. The van der Waals surface area contributed by atoms with Crippen molar-refractivity contribution >= 4 is 10.2 Å². The minimum absolute atomic E-state index is 0.00923. The van der Waals surface area contributed by atoms with E-state index < -0.39 is 10.2 Å². The quantitative estimate of drug-likeness (QED) is 0.737. The number of hydrogen-bond donors (Lipinski definition) is 2. The summed E-state index contributed by atoms with van der Waals surface area (Å²) in [4.78, 5) is 0. The first-order valence-electron chi connectivity index (χ1n) is 7.52. The van der Waals surface area contributed by atoms with Crippen molar-refractivity contribution in [2.24, 2.45) is 5.92 Å². The maximum Gasteiger partial charge on any atom is 0.279 e. The first kappa shape index (κ1) is 15.2. The number of rotatable bonds is 7. The lowest BCUT2D eigenvalue weighted by Crippen LogP contribution is -2.49. The Morgan fingerprint density at radius 2 is 2.05 bits per heavy atom. The normalized spacial score (nSPS) is 27.4. The van der Waals surface area contributed by atoms with Crippen molar-refractivity contribution in [3.8, 4) is 0 Å². The van der Waals surface area contributed by atoms with Crippen molar-refractivity contribution in [1.82, 2.24) is 14.3 Å². The fourth-order valence-electron chi connectivity index (χ4n) is 2.44. The van der Waals surface area contributed by atoms with E-state index in [4.69, 9.17) is 0 Å². The van der Waals surface area contributed by atoms with E-state index in [2.05, 4.69) is 10.0 Å². The third kappa shape index (κ3) is 4.70. The predicted octanol–water partition coefficient (Wildman–Crippen LogP) is 1.08. The van der Waals surface area contributed by atoms with Gasteiger partial charge < -0.3 is 5.32 Å². The van der Waals surface area contributed by atoms with E-state index >= 15 is 0 Å². The molecule has 5 nitrogen and oxygen atoms in total. The third-order valence-corrected chi connectivity index (χ3v) is 5.77. The van der Waals surface area contributed by atoms with Crippen LogP contribution in [-0.2, 0) is 10.2 Å². The highest BCUT2D eigenvalue weighted by molar-refractivity contribution is 7.87. The van der Waals surface area contributed by atoms with Gasteiger partial charge in [0, 0.05) is 25.2 Å². The van der Waals surface area contributed by atoms with Gasteiger partial charge in [-0.3, -0.25) is 0 Å². The van der Waals surface area contributed by atoms with Gasteiger partial charge in [0.25, 0.3) is 10.2 Å². The Hall–Kier alpha value is -0.170. The molecule has 1 heterocycles. The second-order valence-corrected chi connectivity index (χ2v) is 7.68. The molecule has 112 valence electrons. The average Bonchev–Trinajstić information content (AvgIpc) is 3.20. The molecule has 0 aromatic heterocycles. The molecular formula is C13H27N3O2S. The molecule has 6 heteroatoms. The van der Waals surface area contributed by atoms with Gasteiger partial charge >= 0.3 is 0 Å². The maximum atomic E-state index is 12.2. The van der Waals surface area contributed by atoms with Crippen LogP contribution in [0.5, 0.6) is 0 Å². The molecule has 2 N–H and O–H groups in total. The molecule has 0 bridgehead atoms. The van der Waals surface area contributed by atoms with Crippen LogP contribution >= 0.6 is 0 Å². The fraction of sp³-hybridized carbons (Fsp3) is 1.00. The van der Waals surface area contributed by atoms with Crippen molar-refractivity contribution in [2.45, 2.75) is 58.0 Å². The lowest BCUT2D eigenvalue weighted by Gasteiger charge is -2.32. The van der Waals surface area contributed by atoms with Crippen molar-refractivity contribution in [2.75, 3.05) is 19.6 Å². The zero-order chi connectivity index (χ0) is 13.9. The van der Waals surface area contributed by atoms with Gasteiger partial charge in [0.1, 0.15) is 0 Å². The Labute approximate surface area is 117 Å². The summed E-state index contributed by atoms with van der Waals surface area (Å²) in [5, 5.41) is 3.51. The van der Waals surface area contributed by atoms with Gasteiger partial charge in [0.15, 0.2) is 0 Å². The Morgan fingerprint density at radius 1 is 1.32 bits per heavy atom. The first-order chi connectivity index (χ1) is 9.01. The molecule has 1 aliphatic carbocycles. The second kappa shape index (κ2) is 6.52. The Bertz CT molecular complexity index is 381. The van der Waals surface area contributed by atoms with Crippen LogP contribution in [0.15, 0.2) is 0 Å². The standard InChI is InChI=1S/C13H27N3O2S/c1-3-11(2)15-19(17,18)16-8-4-5-12(10-16)9-14-13-6-7-13/h11-15H,3-10H2,1-2H3. The van der Waals surface area contributed by atoms with E-state index in [1.54, 1.807) is 4.31 Å². The first-order valence-corrected chi connectivity index (χ1v) is 8.96. The van der Waals surface area contributed by atoms with Gasteiger partial charge in [-0.1, -0.05) is 6.92 Å².